The van der Waals surface area contributed by atoms with Gasteiger partial charge in [-0.25, -0.2) is 4.79 Å². The molecule has 0 aromatic carbocycles. The Hall–Kier alpha value is -1.76. The first kappa shape index (κ1) is 12.3. The molecule has 2 heterocycles. The number of hydrogen-bond donors (Lipinski definition) is 0. The van der Waals surface area contributed by atoms with Crippen molar-refractivity contribution >= 4 is 17.7 Å². The lowest BCUT2D eigenvalue weighted by atomic mass is 10.4. The molecule has 19 heavy (non-hydrogen) atoms. The van der Waals surface area contributed by atoms with Gasteiger partial charge in [0.2, 0.25) is 5.76 Å². The van der Waals surface area contributed by atoms with Crippen molar-refractivity contribution in [3.05, 3.63) is 30.0 Å². The number of carbonyl (C=O) groups excluding carboxylic acids is 1. The molecule has 1 saturated carbocycles. The van der Waals surface area contributed by atoms with Gasteiger partial charge >= 0.3 is 5.97 Å². The molecular formula is C12H13N3O3S. The zero-order valence-corrected chi connectivity index (χ0v) is 11.2. The Labute approximate surface area is 114 Å². The lowest BCUT2D eigenvalue weighted by molar-refractivity contribution is 0.0563. The molecule has 0 aliphatic heterocycles. The summed E-state index contributed by atoms with van der Waals surface area (Å²) in [5, 5.41) is 8.91. The van der Waals surface area contributed by atoms with Crippen LogP contribution in [-0.4, -0.2) is 27.8 Å². The summed E-state index contributed by atoms with van der Waals surface area (Å²) in [6.45, 7) is 0. The molecule has 0 unspecified atom stereocenters. The normalized spacial score (nSPS) is 14.6. The number of methoxy groups -OCH3 is 1. The van der Waals surface area contributed by atoms with Crippen LogP contribution < -0.4 is 0 Å². The van der Waals surface area contributed by atoms with Crippen LogP contribution in [0.4, 0.5) is 0 Å². The highest BCUT2D eigenvalue weighted by Crippen LogP contribution is 2.37. The van der Waals surface area contributed by atoms with Crippen molar-refractivity contribution in [1.29, 1.82) is 0 Å². The zero-order chi connectivity index (χ0) is 13.2. The van der Waals surface area contributed by atoms with Crippen LogP contribution in [0.15, 0.2) is 28.0 Å². The van der Waals surface area contributed by atoms with Crippen LogP contribution in [0.5, 0.6) is 0 Å². The molecule has 7 heteroatoms. The molecule has 0 atom stereocenters. The number of ether oxygens (including phenoxy) is 1. The van der Waals surface area contributed by atoms with Crippen LogP contribution in [0, 0.1) is 0 Å². The van der Waals surface area contributed by atoms with E-state index in [1.807, 2.05) is 0 Å². The van der Waals surface area contributed by atoms with Crippen LogP contribution in [0.2, 0.25) is 0 Å². The van der Waals surface area contributed by atoms with E-state index >= 15 is 0 Å². The third-order valence-electron chi connectivity index (χ3n) is 2.87. The van der Waals surface area contributed by atoms with E-state index in [1.165, 1.54) is 20.0 Å². The summed E-state index contributed by atoms with van der Waals surface area (Å²) in [5.41, 5.74) is 0. The smallest absolute Gasteiger partial charge is 0.373 e. The first-order valence-electron chi connectivity index (χ1n) is 5.97. The largest absolute Gasteiger partial charge is 0.463 e. The summed E-state index contributed by atoms with van der Waals surface area (Å²) in [6.07, 6.45) is 4.15. The number of thioether (sulfide) groups is 1. The van der Waals surface area contributed by atoms with E-state index in [0.717, 1.165) is 10.9 Å². The molecule has 0 bridgehead atoms. The van der Waals surface area contributed by atoms with Gasteiger partial charge in [0.25, 0.3) is 0 Å². The Morgan fingerprint density at radius 3 is 3.16 bits per heavy atom. The van der Waals surface area contributed by atoms with Crippen LogP contribution in [0.3, 0.4) is 0 Å². The lowest BCUT2D eigenvalue weighted by Gasteiger charge is -2.02. The van der Waals surface area contributed by atoms with Crippen molar-refractivity contribution < 1.29 is 13.9 Å². The van der Waals surface area contributed by atoms with Gasteiger partial charge in [0.05, 0.1) is 12.9 Å². The fraction of sp³-hybridized carbons (Fsp3) is 0.417. The SMILES string of the molecule is COC(=O)c1ccc(CSc2nncn2C2CC2)o1. The number of furan rings is 1. The third kappa shape index (κ3) is 2.65. The highest BCUT2D eigenvalue weighted by atomic mass is 32.2. The van der Waals surface area contributed by atoms with Crippen LogP contribution in [0.25, 0.3) is 0 Å². The molecule has 0 N–H and O–H groups in total. The fourth-order valence-corrected chi connectivity index (χ4v) is 2.62. The molecular weight excluding hydrogens is 266 g/mol. The summed E-state index contributed by atoms with van der Waals surface area (Å²) in [6, 6.07) is 3.95. The highest BCUT2D eigenvalue weighted by molar-refractivity contribution is 7.98. The molecule has 1 fully saturated rings. The molecule has 0 saturated heterocycles. The molecule has 3 rings (SSSR count). The third-order valence-corrected chi connectivity index (χ3v) is 3.85. The average Bonchev–Trinajstić information content (AvgIpc) is 2.99. The minimum Gasteiger partial charge on any atom is -0.463 e. The lowest BCUT2D eigenvalue weighted by Crippen LogP contribution is -1.98. The second-order valence-corrected chi connectivity index (χ2v) is 5.24. The van der Waals surface area contributed by atoms with Gasteiger partial charge in [-0.15, -0.1) is 10.2 Å². The Morgan fingerprint density at radius 2 is 2.42 bits per heavy atom. The molecule has 2 aromatic heterocycles. The molecule has 2 aromatic rings. The average molecular weight is 279 g/mol. The van der Waals surface area contributed by atoms with Gasteiger partial charge in [-0.05, 0) is 25.0 Å². The Morgan fingerprint density at radius 1 is 1.58 bits per heavy atom. The summed E-state index contributed by atoms with van der Waals surface area (Å²) in [5.74, 6) is 1.09. The van der Waals surface area contributed by atoms with Gasteiger partial charge in [0, 0.05) is 6.04 Å². The van der Waals surface area contributed by atoms with E-state index in [1.54, 1.807) is 30.2 Å². The number of hydrogen-bond acceptors (Lipinski definition) is 6. The first-order chi connectivity index (χ1) is 9.28. The van der Waals surface area contributed by atoms with Gasteiger partial charge in [0.15, 0.2) is 5.16 Å². The Kier molecular flexibility index (Phi) is 3.29. The molecule has 100 valence electrons. The topological polar surface area (TPSA) is 70.2 Å². The number of esters is 1. The van der Waals surface area contributed by atoms with Crippen molar-refractivity contribution in [2.24, 2.45) is 0 Å². The van der Waals surface area contributed by atoms with Gasteiger partial charge in [-0.3, -0.25) is 0 Å². The summed E-state index contributed by atoms with van der Waals surface area (Å²) in [7, 11) is 1.33. The molecule has 1 aliphatic carbocycles. The number of nitrogens with zero attached hydrogens (tertiary/aromatic N) is 3. The summed E-state index contributed by atoms with van der Waals surface area (Å²) < 4.78 is 12.1. The van der Waals surface area contributed by atoms with Crippen molar-refractivity contribution in [2.45, 2.75) is 29.8 Å². The Bertz CT molecular complexity index is 589. The van der Waals surface area contributed by atoms with Gasteiger partial charge < -0.3 is 13.7 Å². The molecule has 6 nitrogen and oxygen atoms in total. The van der Waals surface area contributed by atoms with Crippen LogP contribution in [-0.2, 0) is 10.5 Å². The predicted octanol–water partition coefficient (Wildman–Crippen LogP) is 2.28. The summed E-state index contributed by atoms with van der Waals surface area (Å²) >= 11 is 1.55. The molecule has 0 amide bonds. The second-order valence-electron chi connectivity index (χ2n) is 4.30. The van der Waals surface area contributed by atoms with Gasteiger partial charge in [-0.2, -0.15) is 0 Å². The maximum atomic E-state index is 11.3. The maximum Gasteiger partial charge on any atom is 0.373 e. The van der Waals surface area contributed by atoms with Crippen molar-refractivity contribution in [3.8, 4) is 0 Å². The summed E-state index contributed by atoms with van der Waals surface area (Å²) in [4.78, 5) is 11.3. The van der Waals surface area contributed by atoms with Crippen molar-refractivity contribution in [3.63, 3.8) is 0 Å². The molecule has 0 spiro atoms. The van der Waals surface area contributed by atoms with E-state index in [9.17, 15) is 4.79 Å². The quantitative estimate of drug-likeness (QED) is 0.617. The zero-order valence-electron chi connectivity index (χ0n) is 10.4. The van der Waals surface area contributed by atoms with E-state index < -0.39 is 5.97 Å². The van der Waals surface area contributed by atoms with E-state index in [0.29, 0.717) is 11.8 Å². The Balaban J connectivity index is 1.64. The second kappa shape index (κ2) is 5.08. The minimum absolute atomic E-state index is 0.224. The number of carbonyl (C=O) groups is 1. The first-order valence-corrected chi connectivity index (χ1v) is 6.96. The van der Waals surface area contributed by atoms with Crippen molar-refractivity contribution in [2.75, 3.05) is 7.11 Å². The molecule has 1 aliphatic rings. The van der Waals surface area contributed by atoms with Crippen LogP contribution >= 0.6 is 11.8 Å². The monoisotopic (exact) mass is 279 g/mol. The fourth-order valence-electron chi connectivity index (χ4n) is 1.74. The number of rotatable bonds is 5. The van der Waals surface area contributed by atoms with E-state index in [-0.39, 0.29) is 5.76 Å². The predicted molar refractivity (Wildman–Crippen MR) is 67.9 cm³/mol. The van der Waals surface area contributed by atoms with Crippen LogP contribution in [0.1, 0.15) is 35.2 Å². The highest BCUT2D eigenvalue weighted by Gasteiger charge is 2.26. The van der Waals surface area contributed by atoms with E-state index in [2.05, 4.69) is 19.5 Å². The number of aromatic nitrogens is 3. The van der Waals surface area contributed by atoms with Gasteiger partial charge in [0.1, 0.15) is 12.1 Å². The standard InChI is InChI=1S/C12H13N3O3S/c1-17-11(16)10-5-4-9(18-10)6-19-12-14-13-7-15(12)8-2-3-8/h4-5,7-8H,2-3,6H2,1H3. The maximum absolute atomic E-state index is 11.3. The van der Waals surface area contributed by atoms with Gasteiger partial charge in [-0.1, -0.05) is 11.8 Å². The minimum atomic E-state index is -0.461. The molecule has 0 radical (unpaired) electrons. The van der Waals surface area contributed by atoms with E-state index in [4.69, 9.17) is 4.42 Å². The van der Waals surface area contributed by atoms with Crippen molar-refractivity contribution in [1.82, 2.24) is 14.8 Å².